The first-order chi connectivity index (χ1) is 37.0. The van der Waals surface area contributed by atoms with Crippen LogP contribution in [-0.2, 0) is 28.6 Å². The molecule has 0 unspecified atom stereocenters. The Kier molecular flexibility index (Phi) is 61.7. The van der Waals surface area contributed by atoms with E-state index in [2.05, 4.69) is 69.4 Å². The number of esters is 3. The van der Waals surface area contributed by atoms with Crippen molar-refractivity contribution in [2.45, 2.75) is 361 Å². The number of unbranched alkanes of at least 4 members (excludes halogenated alkanes) is 42. The quantitative estimate of drug-likeness (QED) is 0.0261. The Morgan fingerprint density at radius 1 is 0.280 bits per heavy atom. The van der Waals surface area contributed by atoms with Crippen LogP contribution < -0.4 is 0 Å². The van der Waals surface area contributed by atoms with Crippen LogP contribution in [0.4, 0.5) is 0 Å². The van der Waals surface area contributed by atoms with Crippen LogP contribution in [0.2, 0.25) is 0 Å². The molecule has 438 valence electrons. The maximum atomic E-state index is 12.9. The van der Waals surface area contributed by atoms with Crippen LogP contribution in [0.1, 0.15) is 355 Å². The molecule has 0 spiro atoms. The monoisotopic (exact) mass is 1050 g/mol. The molecule has 0 amide bonds. The van der Waals surface area contributed by atoms with Crippen molar-refractivity contribution in [2.75, 3.05) is 13.2 Å². The van der Waals surface area contributed by atoms with Crippen LogP contribution >= 0.6 is 0 Å². The zero-order valence-electron chi connectivity index (χ0n) is 50.3. The lowest BCUT2D eigenvalue weighted by Gasteiger charge is -2.18. The molecule has 0 aromatic carbocycles. The topological polar surface area (TPSA) is 78.9 Å². The number of rotatable bonds is 61. The van der Waals surface area contributed by atoms with Gasteiger partial charge in [-0.05, 0) is 57.8 Å². The average molecular weight is 1050 g/mol. The fourth-order valence-corrected chi connectivity index (χ4v) is 9.91. The molecule has 0 saturated carbocycles. The maximum Gasteiger partial charge on any atom is 0.306 e. The first-order valence-electron chi connectivity index (χ1n) is 33.1. The van der Waals surface area contributed by atoms with Gasteiger partial charge in [0.2, 0.25) is 0 Å². The van der Waals surface area contributed by atoms with Gasteiger partial charge in [0.05, 0.1) is 0 Å². The summed E-state index contributed by atoms with van der Waals surface area (Å²) in [6, 6.07) is 0. The highest BCUT2D eigenvalue weighted by Gasteiger charge is 2.19. The number of carbonyl (C=O) groups excluding carboxylic acids is 3. The summed E-state index contributed by atoms with van der Waals surface area (Å²) in [7, 11) is 0. The molecule has 0 saturated heterocycles. The zero-order valence-corrected chi connectivity index (χ0v) is 50.3. The average Bonchev–Trinajstić information content (AvgIpc) is 3.41. The minimum Gasteiger partial charge on any atom is -0.462 e. The molecule has 0 aliphatic heterocycles. The molecule has 0 aliphatic carbocycles. The summed E-state index contributed by atoms with van der Waals surface area (Å²) >= 11 is 0. The number of hydrogen-bond acceptors (Lipinski definition) is 6. The molecular weight excluding hydrogens is 925 g/mol. The Morgan fingerprint density at radius 2 is 0.520 bits per heavy atom. The van der Waals surface area contributed by atoms with Crippen molar-refractivity contribution >= 4 is 17.9 Å². The molecular formula is C69H126O6. The summed E-state index contributed by atoms with van der Waals surface area (Å²) in [5, 5.41) is 0. The van der Waals surface area contributed by atoms with Crippen molar-refractivity contribution in [1.29, 1.82) is 0 Å². The largest absolute Gasteiger partial charge is 0.462 e. The molecule has 6 heteroatoms. The van der Waals surface area contributed by atoms with Gasteiger partial charge in [-0.15, -0.1) is 0 Å². The Labute approximate surface area is 467 Å². The Hall–Kier alpha value is -2.63. The van der Waals surface area contributed by atoms with Gasteiger partial charge in [-0.1, -0.05) is 326 Å². The maximum absolute atomic E-state index is 12.9. The lowest BCUT2D eigenvalue weighted by molar-refractivity contribution is -0.167. The van der Waals surface area contributed by atoms with Gasteiger partial charge in [0, 0.05) is 19.3 Å². The third kappa shape index (κ3) is 62.1. The summed E-state index contributed by atoms with van der Waals surface area (Å²) in [4.78, 5) is 38.3. The lowest BCUT2D eigenvalue weighted by Crippen LogP contribution is -2.30. The van der Waals surface area contributed by atoms with Crippen molar-refractivity contribution in [1.82, 2.24) is 0 Å². The molecule has 0 aromatic rings. The highest BCUT2D eigenvalue weighted by atomic mass is 16.6. The van der Waals surface area contributed by atoms with Gasteiger partial charge in [-0.2, -0.15) is 0 Å². The summed E-state index contributed by atoms with van der Waals surface area (Å²) in [6.07, 6.45) is 79.9. The minimum atomic E-state index is -0.792. The fraction of sp³-hybridized carbons (Fsp3) is 0.841. The van der Waals surface area contributed by atoms with Crippen LogP contribution in [-0.4, -0.2) is 37.2 Å². The van der Waals surface area contributed by atoms with Crippen molar-refractivity contribution in [3.05, 3.63) is 48.6 Å². The van der Waals surface area contributed by atoms with E-state index < -0.39 is 6.10 Å². The van der Waals surface area contributed by atoms with Gasteiger partial charge >= 0.3 is 17.9 Å². The van der Waals surface area contributed by atoms with Crippen LogP contribution in [0, 0.1) is 0 Å². The molecule has 0 rings (SSSR count). The third-order valence-corrected chi connectivity index (χ3v) is 14.8. The second-order valence-corrected chi connectivity index (χ2v) is 22.4. The van der Waals surface area contributed by atoms with Gasteiger partial charge in [-0.3, -0.25) is 14.4 Å². The third-order valence-electron chi connectivity index (χ3n) is 14.8. The van der Waals surface area contributed by atoms with E-state index in [1.807, 2.05) is 0 Å². The molecule has 0 heterocycles. The standard InChI is InChI=1S/C69H126O6/c1-4-7-10-13-16-19-22-25-28-30-32-34-36-38-41-43-46-49-52-55-58-61-67(70)73-64-66(75-69(72)63-60-57-54-51-48-45-40-27-24-21-18-15-12-9-6-3)65-74-68(71)62-59-56-53-50-47-44-42-39-37-35-33-31-29-26-23-20-17-14-11-8-5-2/h9,12,18,21,27,40,48,51,66H,4-8,10-11,13-17,19-20,22-26,28-39,41-47,49-50,52-65H2,1-3H3/b12-9-,21-18-,40-27-,51-48-. The summed E-state index contributed by atoms with van der Waals surface area (Å²) in [5.41, 5.74) is 0. The highest BCUT2D eigenvalue weighted by Crippen LogP contribution is 2.18. The molecule has 0 bridgehead atoms. The van der Waals surface area contributed by atoms with Crippen LogP contribution in [0.15, 0.2) is 48.6 Å². The molecule has 0 fully saturated rings. The molecule has 0 aliphatic rings. The van der Waals surface area contributed by atoms with Crippen LogP contribution in [0.25, 0.3) is 0 Å². The number of carbonyl (C=O) groups is 3. The Balaban J connectivity index is 4.31. The summed E-state index contributed by atoms with van der Waals surface area (Å²) < 4.78 is 16.9. The predicted octanol–water partition coefficient (Wildman–Crippen LogP) is 22.6. The Morgan fingerprint density at radius 3 is 0.813 bits per heavy atom. The van der Waals surface area contributed by atoms with Crippen LogP contribution in [0.5, 0.6) is 0 Å². The molecule has 0 aromatic heterocycles. The van der Waals surface area contributed by atoms with Gasteiger partial charge in [0.25, 0.3) is 0 Å². The zero-order chi connectivity index (χ0) is 54.3. The summed E-state index contributed by atoms with van der Waals surface area (Å²) in [6.45, 7) is 6.56. The Bertz CT molecular complexity index is 1240. The highest BCUT2D eigenvalue weighted by molar-refractivity contribution is 5.71. The van der Waals surface area contributed by atoms with E-state index >= 15 is 0 Å². The number of allylic oxidation sites excluding steroid dienone is 8. The molecule has 6 nitrogen and oxygen atoms in total. The van der Waals surface area contributed by atoms with Gasteiger partial charge in [0.15, 0.2) is 6.10 Å². The van der Waals surface area contributed by atoms with E-state index in [-0.39, 0.29) is 37.5 Å². The predicted molar refractivity (Wildman–Crippen MR) is 325 cm³/mol. The lowest BCUT2D eigenvalue weighted by atomic mass is 10.0. The molecule has 0 N–H and O–H groups in total. The number of hydrogen-bond donors (Lipinski definition) is 0. The summed E-state index contributed by atoms with van der Waals surface area (Å²) in [5.74, 6) is -0.902. The van der Waals surface area contributed by atoms with Gasteiger partial charge in [0.1, 0.15) is 13.2 Å². The van der Waals surface area contributed by atoms with Crippen molar-refractivity contribution in [2.24, 2.45) is 0 Å². The molecule has 75 heavy (non-hydrogen) atoms. The van der Waals surface area contributed by atoms with E-state index in [1.54, 1.807) is 0 Å². The SMILES string of the molecule is CC/C=C\C/C=C\C/C=C\C/C=C\CCCCC(=O)OC(COC(=O)CCCCCCCCCCCCCCCCCCCCCCC)COC(=O)CCCCCCCCCCCCCCCCCCCCCCC. The number of ether oxygens (including phenoxy) is 3. The smallest absolute Gasteiger partial charge is 0.306 e. The van der Waals surface area contributed by atoms with E-state index in [0.717, 1.165) is 77.0 Å². The minimum absolute atomic E-state index is 0.0849. The molecule has 0 atom stereocenters. The van der Waals surface area contributed by atoms with E-state index in [4.69, 9.17) is 14.2 Å². The fourth-order valence-electron chi connectivity index (χ4n) is 9.91. The van der Waals surface area contributed by atoms with Crippen molar-refractivity contribution in [3.63, 3.8) is 0 Å². The van der Waals surface area contributed by atoms with E-state index in [9.17, 15) is 14.4 Å². The second kappa shape index (κ2) is 63.9. The van der Waals surface area contributed by atoms with E-state index in [0.29, 0.717) is 19.3 Å². The first kappa shape index (κ1) is 72.4. The second-order valence-electron chi connectivity index (χ2n) is 22.4. The van der Waals surface area contributed by atoms with Gasteiger partial charge in [-0.25, -0.2) is 0 Å². The van der Waals surface area contributed by atoms with Crippen LogP contribution in [0.3, 0.4) is 0 Å². The molecule has 0 radical (unpaired) electrons. The van der Waals surface area contributed by atoms with Crippen molar-refractivity contribution in [3.8, 4) is 0 Å². The first-order valence-corrected chi connectivity index (χ1v) is 33.1. The van der Waals surface area contributed by atoms with Crippen molar-refractivity contribution < 1.29 is 28.6 Å². The normalized spacial score (nSPS) is 11.9. The van der Waals surface area contributed by atoms with E-state index in [1.165, 1.54) is 231 Å². The van der Waals surface area contributed by atoms with Gasteiger partial charge < -0.3 is 14.2 Å².